The van der Waals surface area contributed by atoms with Gasteiger partial charge < -0.3 is 10.2 Å². The number of hydrogen-bond donors (Lipinski definition) is 2. The SMILES string of the molecule is Cc1ccc(NS(=O)(=O)c2ccc(C)c(C(=O)N(C)CC(=O)Nc3cccc(F)c3)c2)cc1. The maximum absolute atomic E-state index is 13.3. The Bertz CT molecular complexity index is 1290. The summed E-state index contributed by atoms with van der Waals surface area (Å²) in [5.41, 5.74) is 2.38. The molecule has 0 radical (unpaired) electrons. The normalized spacial score (nSPS) is 11.0. The highest BCUT2D eigenvalue weighted by Gasteiger charge is 2.21. The van der Waals surface area contributed by atoms with E-state index in [0.717, 1.165) is 5.56 Å². The van der Waals surface area contributed by atoms with Gasteiger partial charge in [-0.3, -0.25) is 14.3 Å². The Morgan fingerprint density at radius 1 is 0.939 bits per heavy atom. The second-order valence-corrected chi connectivity index (χ2v) is 9.35. The van der Waals surface area contributed by atoms with Crippen LogP contribution >= 0.6 is 0 Å². The Kier molecular flexibility index (Phi) is 7.13. The number of benzene rings is 3. The molecule has 0 aliphatic heterocycles. The number of aryl methyl sites for hydroxylation is 2. The Hall–Kier alpha value is -3.72. The summed E-state index contributed by atoms with van der Waals surface area (Å²) < 4.78 is 41.4. The van der Waals surface area contributed by atoms with Crippen molar-refractivity contribution in [3.8, 4) is 0 Å². The molecule has 0 saturated heterocycles. The number of nitrogens with zero attached hydrogens (tertiary/aromatic N) is 1. The van der Waals surface area contributed by atoms with Gasteiger partial charge in [0.15, 0.2) is 0 Å². The van der Waals surface area contributed by atoms with Gasteiger partial charge in [0.05, 0.1) is 11.4 Å². The van der Waals surface area contributed by atoms with Crippen molar-refractivity contribution < 1.29 is 22.4 Å². The molecule has 0 aliphatic carbocycles. The van der Waals surface area contributed by atoms with Crippen molar-refractivity contribution in [3.05, 3.63) is 89.2 Å². The van der Waals surface area contributed by atoms with Crippen LogP contribution in [0.5, 0.6) is 0 Å². The molecule has 0 spiro atoms. The molecule has 0 bridgehead atoms. The van der Waals surface area contributed by atoms with Crippen LogP contribution < -0.4 is 10.0 Å². The maximum Gasteiger partial charge on any atom is 0.261 e. The highest BCUT2D eigenvalue weighted by molar-refractivity contribution is 7.92. The molecular weight excluding hydrogens is 445 g/mol. The van der Waals surface area contributed by atoms with Crippen LogP contribution in [0.1, 0.15) is 21.5 Å². The molecule has 0 aromatic heterocycles. The third-order valence-corrected chi connectivity index (χ3v) is 6.27. The van der Waals surface area contributed by atoms with Crippen molar-refractivity contribution in [2.45, 2.75) is 18.7 Å². The number of hydrogen-bond acceptors (Lipinski definition) is 4. The predicted octanol–water partition coefficient (Wildman–Crippen LogP) is 3.95. The number of carbonyl (C=O) groups is 2. The number of sulfonamides is 1. The van der Waals surface area contributed by atoms with E-state index in [0.29, 0.717) is 11.3 Å². The first-order valence-corrected chi connectivity index (χ1v) is 11.5. The zero-order valence-electron chi connectivity index (χ0n) is 18.4. The number of anilines is 2. The van der Waals surface area contributed by atoms with E-state index in [1.54, 1.807) is 31.2 Å². The Morgan fingerprint density at radius 3 is 2.30 bits per heavy atom. The van der Waals surface area contributed by atoms with Crippen LogP contribution in [-0.2, 0) is 14.8 Å². The Labute approximate surface area is 192 Å². The van der Waals surface area contributed by atoms with Crippen molar-refractivity contribution in [2.24, 2.45) is 0 Å². The molecule has 172 valence electrons. The lowest BCUT2D eigenvalue weighted by Crippen LogP contribution is -2.35. The van der Waals surface area contributed by atoms with E-state index in [1.165, 1.54) is 54.4 Å². The highest BCUT2D eigenvalue weighted by atomic mass is 32.2. The molecule has 2 N–H and O–H groups in total. The molecule has 7 nitrogen and oxygen atoms in total. The smallest absolute Gasteiger partial charge is 0.261 e. The number of amides is 2. The molecule has 33 heavy (non-hydrogen) atoms. The van der Waals surface area contributed by atoms with E-state index in [1.807, 2.05) is 6.92 Å². The molecular formula is C24H24FN3O4S. The van der Waals surface area contributed by atoms with Gasteiger partial charge in [-0.05, 0) is 61.9 Å². The number of rotatable bonds is 7. The van der Waals surface area contributed by atoms with Gasteiger partial charge in [-0.15, -0.1) is 0 Å². The minimum absolute atomic E-state index is 0.0744. The number of nitrogens with one attached hydrogen (secondary N) is 2. The van der Waals surface area contributed by atoms with Crippen LogP contribution in [0.4, 0.5) is 15.8 Å². The average molecular weight is 470 g/mol. The molecule has 3 aromatic rings. The first-order valence-electron chi connectivity index (χ1n) is 10.1. The standard InChI is InChI=1S/C24H24FN3O4S/c1-16-7-10-19(11-8-16)27-33(31,32)21-12-9-17(2)22(14-21)24(30)28(3)15-23(29)26-20-6-4-5-18(25)13-20/h4-14,27H,15H2,1-3H3,(H,26,29). The summed E-state index contributed by atoms with van der Waals surface area (Å²) in [5.74, 6) is -1.53. The zero-order chi connectivity index (χ0) is 24.2. The highest BCUT2D eigenvalue weighted by Crippen LogP contribution is 2.21. The third kappa shape index (κ3) is 6.17. The Morgan fingerprint density at radius 2 is 1.64 bits per heavy atom. The predicted molar refractivity (Wildman–Crippen MR) is 125 cm³/mol. The molecule has 0 saturated carbocycles. The molecule has 0 unspecified atom stereocenters. The molecule has 0 fully saturated rings. The number of carbonyl (C=O) groups excluding carboxylic acids is 2. The largest absolute Gasteiger partial charge is 0.332 e. The first-order chi connectivity index (χ1) is 15.5. The van der Waals surface area contributed by atoms with Crippen molar-refractivity contribution in [3.63, 3.8) is 0 Å². The summed E-state index contributed by atoms with van der Waals surface area (Å²) in [6.07, 6.45) is 0. The van der Waals surface area contributed by atoms with Crippen LogP contribution in [0, 0.1) is 19.7 Å². The molecule has 3 rings (SSSR count). The average Bonchev–Trinajstić information content (AvgIpc) is 2.74. The van der Waals surface area contributed by atoms with Crippen LogP contribution in [0.25, 0.3) is 0 Å². The lowest BCUT2D eigenvalue weighted by Gasteiger charge is -2.19. The van der Waals surface area contributed by atoms with Crippen molar-refractivity contribution in [1.29, 1.82) is 0 Å². The van der Waals surface area contributed by atoms with Crippen LogP contribution in [0.3, 0.4) is 0 Å². The van der Waals surface area contributed by atoms with Gasteiger partial charge in [0.2, 0.25) is 5.91 Å². The zero-order valence-corrected chi connectivity index (χ0v) is 19.2. The molecule has 9 heteroatoms. The maximum atomic E-state index is 13.3. The number of halogens is 1. The summed E-state index contributed by atoms with van der Waals surface area (Å²) in [5, 5.41) is 2.52. The fraction of sp³-hybridized carbons (Fsp3) is 0.167. The fourth-order valence-electron chi connectivity index (χ4n) is 3.09. The molecule has 0 heterocycles. The molecule has 2 amide bonds. The minimum atomic E-state index is -3.93. The van der Waals surface area contributed by atoms with Crippen LogP contribution in [0.2, 0.25) is 0 Å². The van der Waals surface area contributed by atoms with Gasteiger partial charge in [0.25, 0.3) is 15.9 Å². The first kappa shape index (κ1) is 23.9. The summed E-state index contributed by atoms with van der Waals surface area (Å²) in [7, 11) is -2.50. The van der Waals surface area contributed by atoms with E-state index in [9.17, 15) is 22.4 Å². The second kappa shape index (κ2) is 9.83. The van der Waals surface area contributed by atoms with Gasteiger partial charge in [0.1, 0.15) is 5.82 Å². The quantitative estimate of drug-likeness (QED) is 0.548. The van der Waals surface area contributed by atoms with Crippen molar-refractivity contribution in [1.82, 2.24) is 4.90 Å². The Balaban J connectivity index is 1.75. The topological polar surface area (TPSA) is 95.6 Å². The van der Waals surface area contributed by atoms with Gasteiger partial charge in [0, 0.05) is 24.0 Å². The van der Waals surface area contributed by atoms with Gasteiger partial charge >= 0.3 is 0 Å². The van der Waals surface area contributed by atoms with Gasteiger partial charge in [-0.25, -0.2) is 12.8 Å². The lowest BCUT2D eigenvalue weighted by atomic mass is 10.1. The van der Waals surface area contributed by atoms with Crippen LogP contribution in [0.15, 0.2) is 71.6 Å². The molecule has 3 aromatic carbocycles. The van der Waals surface area contributed by atoms with Gasteiger partial charge in [-0.1, -0.05) is 29.8 Å². The summed E-state index contributed by atoms with van der Waals surface area (Å²) >= 11 is 0. The van der Waals surface area contributed by atoms with E-state index in [2.05, 4.69) is 10.0 Å². The second-order valence-electron chi connectivity index (χ2n) is 7.67. The third-order valence-electron chi connectivity index (χ3n) is 4.89. The minimum Gasteiger partial charge on any atom is -0.332 e. The monoisotopic (exact) mass is 469 g/mol. The summed E-state index contributed by atoms with van der Waals surface area (Å²) in [6.45, 7) is 3.27. The van der Waals surface area contributed by atoms with E-state index in [-0.39, 0.29) is 22.7 Å². The fourth-order valence-corrected chi connectivity index (χ4v) is 4.18. The van der Waals surface area contributed by atoms with Crippen molar-refractivity contribution >= 4 is 33.2 Å². The van der Waals surface area contributed by atoms with Gasteiger partial charge in [-0.2, -0.15) is 0 Å². The molecule has 0 aliphatic rings. The number of likely N-dealkylation sites (N-methyl/N-ethyl adjacent to an activating group) is 1. The van der Waals surface area contributed by atoms with E-state index < -0.39 is 27.7 Å². The van der Waals surface area contributed by atoms with E-state index in [4.69, 9.17) is 0 Å². The van der Waals surface area contributed by atoms with E-state index >= 15 is 0 Å². The van der Waals surface area contributed by atoms with Crippen molar-refractivity contribution in [2.75, 3.05) is 23.6 Å². The van der Waals surface area contributed by atoms with Crippen LogP contribution in [-0.4, -0.2) is 38.7 Å². The lowest BCUT2D eigenvalue weighted by molar-refractivity contribution is -0.116. The molecule has 0 atom stereocenters. The summed E-state index contributed by atoms with van der Waals surface area (Å²) in [6, 6.07) is 16.5. The summed E-state index contributed by atoms with van der Waals surface area (Å²) in [4.78, 5) is 26.3.